The normalized spacial score (nSPS) is 12.0. The molecule has 0 saturated heterocycles. The van der Waals surface area contributed by atoms with Crippen LogP contribution in [-0.4, -0.2) is 30.2 Å². The molecule has 0 aliphatic heterocycles. The van der Waals surface area contributed by atoms with Crippen molar-refractivity contribution in [1.29, 1.82) is 0 Å². The van der Waals surface area contributed by atoms with E-state index >= 15 is 0 Å². The number of anilines is 1. The number of ketones is 1. The maximum atomic E-state index is 13.9. The van der Waals surface area contributed by atoms with Gasteiger partial charge < -0.3 is 14.5 Å². The predicted molar refractivity (Wildman–Crippen MR) is 149 cm³/mol. The van der Waals surface area contributed by atoms with Crippen LogP contribution in [-0.2, 0) is 9.59 Å². The average molecular weight is 527 g/mol. The smallest absolute Gasteiger partial charge is 0.300 e. The van der Waals surface area contributed by atoms with Gasteiger partial charge in [0.05, 0.1) is 18.1 Å². The molecule has 8 nitrogen and oxygen atoms in total. The molecule has 0 spiro atoms. The van der Waals surface area contributed by atoms with Gasteiger partial charge in [-0.2, -0.15) is 0 Å². The Morgan fingerprint density at radius 2 is 1.62 bits per heavy atom. The van der Waals surface area contributed by atoms with Crippen LogP contribution in [0.2, 0.25) is 0 Å². The van der Waals surface area contributed by atoms with Crippen LogP contribution in [0, 0.1) is 6.92 Å². The fourth-order valence-corrected chi connectivity index (χ4v) is 4.23. The number of Topliss-reactive ketones (excluding diaryl/α,β-unsaturated/α-hetero) is 1. The van der Waals surface area contributed by atoms with Gasteiger partial charge in [0, 0.05) is 16.8 Å². The second-order valence-electron chi connectivity index (χ2n) is 10.2. The standard InChI is InChI=1S/C31H30N2O6/c1-19-11-16-25-23(17-19)28(35)24(18-39-25)26(29(36)32-31(2,3)4)33(21-9-7-6-8-10-21)30(37)27(34)20-12-14-22(38-5)15-13-20/h6-18,26H,1-5H3,(H,32,36). The summed E-state index contributed by atoms with van der Waals surface area (Å²) in [7, 11) is 1.49. The van der Waals surface area contributed by atoms with Gasteiger partial charge in [0.25, 0.3) is 11.7 Å². The van der Waals surface area contributed by atoms with E-state index in [9.17, 15) is 19.2 Å². The molecule has 1 atom stereocenters. The predicted octanol–water partition coefficient (Wildman–Crippen LogP) is 4.98. The molecule has 0 bridgehead atoms. The lowest BCUT2D eigenvalue weighted by Crippen LogP contribution is -2.51. The van der Waals surface area contributed by atoms with Crippen molar-refractivity contribution < 1.29 is 23.5 Å². The Morgan fingerprint density at radius 1 is 0.949 bits per heavy atom. The molecule has 39 heavy (non-hydrogen) atoms. The number of methoxy groups -OCH3 is 1. The summed E-state index contributed by atoms with van der Waals surface area (Å²) >= 11 is 0. The lowest BCUT2D eigenvalue weighted by Gasteiger charge is -2.32. The highest BCUT2D eigenvalue weighted by Gasteiger charge is 2.39. The summed E-state index contributed by atoms with van der Waals surface area (Å²) in [5, 5.41) is 3.13. The summed E-state index contributed by atoms with van der Waals surface area (Å²) in [5.41, 5.74) is 0.299. The van der Waals surface area contributed by atoms with E-state index < -0.39 is 34.6 Å². The van der Waals surface area contributed by atoms with Crippen molar-refractivity contribution in [3.8, 4) is 5.75 Å². The summed E-state index contributed by atoms with van der Waals surface area (Å²) in [6, 6.07) is 18.0. The molecular formula is C31H30N2O6. The minimum atomic E-state index is -1.50. The number of carbonyl (C=O) groups excluding carboxylic acids is 3. The molecule has 4 rings (SSSR count). The summed E-state index contributed by atoms with van der Waals surface area (Å²) in [5.74, 6) is -1.95. The molecule has 4 aromatic rings. The SMILES string of the molecule is COc1ccc(C(=O)C(=O)N(c2ccccc2)C(C(=O)NC(C)(C)C)c2coc3ccc(C)cc3c2=O)cc1. The molecule has 1 N–H and O–H groups in total. The first-order valence-electron chi connectivity index (χ1n) is 12.4. The first-order chi connectivity index (χ1) is 18.5. The van der Waals surface area contributed by atoms with E-state index in [-0.39, 0.29) is 22.2 Å². The van der Waals surface area contributed by atoms with E-state index in [1.54, 1.807) is 75.4 Å². The van der Waals surface area contributed by atoms with Crippen LogP contribution in [0.15, 0.2) is 88.3 Å². The van der Waals surface area contributed by atoms with Gasteiger partial charge in [0.2, 0.25) is 5.91 Å². The Balaban J connectivity index is 1.93. The van der Waals surface area contributed by atoms with Crippen molar-refractivity contribution >= 4 is 34.3 Å². The third kappa shape index (κ3) is 5.90. The maximum Gasteiger partial charge on any atom is 0.300 e. The van der Waals surface area contributed by atoms with Crippen LogP contribution in [0.4, 0.5) is 5.69 Å². The number of nitrogens with zero attached hydrogens (tertiary/aromatic N) is 1. The van der Waals surface area contributed by atoms with Gasteiger partial charge in [-0.25, -0.2) is 0 Å². The molecule has 0 aliphatic carbocycles. The topological polar surface area (TPSA) is 106 Å². The molecule has 0 fully saturated rings. The zero-order chi connectivity index (χ0) is 28.3. The second-order valence-corrected chi connectivity index (χ2v) is 10.2. The number of carbonyl (C=O) groups is 3. The third-order valence-electron chi connectivity index (χ3n) is 6.05. The zero-order valence-electron chi connectivity index (χ0n) is 22.5. The van der Waals surface area contributed by atoms with E-state index in [0.29, 0.717) is 11.3 Å². The Bertz CT molecular complexity index is 1580. The van der Waals surface area contributed by atoms with Crippen molar-refractivity contribution in [2.75, 3.05) is 12.0 Å². The lowest BCUT2D eigenvalue weighted by atomic mass is 9.99. The van der Waals surface area contributed by atoms with Gasteiger partial charge >= 0.3 is 0 Å². The van der Waals surface area contributed by atoms with Crippen LogP contribution in [0.1, 0.15) is 48.3 Å². The lowest BCUT2D eigenvalue weighted by molar-refractivity contribution is -0.126. The number of rotatable bonds is 7. The van der Waals surface area contributed by atoms with Crippen LogP contribution in [0.25, 0.3) is 11.0 Å². The Labute approximate surface area is 226 Å². The third-order valence-corrected chi connectivity index (χ3v) is 6.05. The number of ether oxygens (including phenoxy) is 1. The van der Waals surface area contributed by atoms with E-state index in [1.165, 1.54) is 25.5 Å². The number of benzene rings is 3. The Morgan fingerprint density at radius 3 is 2.23 bits per heavy atom. The Hall–Kier alpha value is -4.72. The molecule has 1 heterocycles. The summed E-state index contributed by atoms with van der Waals surface area (Å²) < 4.78 is 10.9. The van der Waals surface area contributed by atoms with Crippen molar-refractivity contribution in [2.45, 2.75) is 39.3 Å². The highest BCUT2D eigenvalue weighted by molar-refractivity contribution is 6.47. The number of nitrogens with one attached hydrogen (secondary N) is 1. The van der Waals surface area contributed by atoms with E-state index in [1.807, 2.05) is 13.0 Å². The first-order valence-corrected chi connectivity index (χ1v) is 12.4. The number of aryl methyl sites for hydroxylation is 1. The number of amides is 2. The molecule has 0 saturated carbocycles. The molecule has 1 aromatic heterocycles. The maximum absolute atomic E-state index is 13.9. The van der Waals surface area contributed by atoms with Crippen LogP contribution in [0.3, 0.4) is 0 Å². The van der Waals surface area contributed by atoms with Crippen molar-refractivity contribution in [1.82, 2.24) is 5.32 Å². The van der Waals surface area contributed by atoms with Crippen LogP contribution < -0.4 is 20.4 Å². The van der Waals surface area contributed by atoms with Gasteiger partial charge in [-0.3, -0.25) is 24.1 Å². The van der Waals surface area contributed by atoms with Crippen LogP contribution >= 0.6 is 0 Å². The fraction of sp³-hybridized carbons (Fsp3) is 0.226. The van der Waals surface area contributed by atoms with Crippen molar-refractivity contribution in [2.24, 2.45) is 0 Å². The molecule has 2 amide bonds. The second kappa shape index (κ2) is 10.9. The fourth-order valence-electron chi connectivity index (χ4n) is 4.23. The molecule has 3 aromatic carbocycles. The molecule has 0 radical (unpaired) electrons. The highest BCUT2D eigenvalue weighted by Crippen LogP contribution is 2.29. The van der Waals surface area contributed by atoms with Gasteiger partial charge in [-0.05, 0) is 76.2 Å². The molecule has 200 valence electrons. The van der Waals surface area contributed by atoms with E-state index in [0.717, 1.165) is 10.5 Å². The van der Waals surface area contributed by atoms with Gasteiger partial charge in [-0.1, -0.05) is 29.8 Å². The zero-order valence-corrected chi connectivity index (χ0v) is 22.5. The number of hydrogen-bond acceptors (Lipinski definition) is 6. The molecule has 1 unspecified atom stereocenters. The monoisotopic (exact) mass is 526 g/mol. The van der Waals surface area contributed by atoms with Gasteiger partial charge in [0.1, 0.15) is 23.6 Å². The summed E-state index contributed by atoms with van der Waals surface area (Å²) in [6.45, 7) is 7.19. The highest BCUT2D eigenvalue weighted by atomic mass is 16.5. The summed E-state index contributed by atoms with van der Waals surface area (Å²) in [4.78, 5) is 56.1. The first kappa shape index (κ1) is 27.3. The van der Waals surface area contributed by atoms with Crippen molar-refractivity contribution in [3.63, 3.8) is 0 Å². The summed E-state index contributed by atoms with van der Waals surface area (Å²) in [6.07, 6.45) is 1.19. The number of hydrogen-bond donors (Lipinski definition) is 1. The van der Waals surface area contributed by atoms with Gasteiger partial charge in [0.15, 0.2) is 5.43 Å². The average Bonchev–Trinajstić information content (AvgIpc) is 2.91. The quantitative estimate of drug-likeness (QED) is 0.269. The largest absolute Gasteiger partial charge is 0.497 e. The number of para-hydroxylation sites is 1. The van der Waals surface area contributed by atoms with Crippen molar-refractivity contribution in [3.05, 3.63) is 106 Å². The molecule has 0 aliphatic rings. The number of fused-ring (bicyclic) bond motifs is 1. The Kier molecular flexibility index (Phi) is 7.67. The van der Waals surface area contributed by atoms with E-state index in [4.69, 9.17) is 9.15 Å². The van der Waals surface area contributed by atoms with Crippen LogP contribution in [0.5, 0.6) is 5.75 Å². The molecular weight excluding hydrogens is 496 g/mol. The van der Waals surface area contributed by atoms with Gasteiger partial charge in [-0.15, -0.1) is 0 Å². The molecule has 8 heteroatoms. The van der Waals surface area contributed by atoms with E-state index in [2.05, 4.69) is 5.32 Å². The minimum absolute atomic E-state index is 0.0745. The minimum Gasteiger partial charge on any atom is -0.497 e.